The van der Waals surface area contributed by atoms with Gasteiger partial charge in [0.25, 0.3) is 0 Å². The summed E-state index contributed by atoms with van der Waals surface area (Å²) < 4.78 is 2.89. The van der Waals surface area contributed by atoms with E-state index < -0.39 is 0 Å². The Balaban J connectivity index is 2.14. The average molecular weight is 314 g/mol. The fraction of sp³-hybridized carbons (Fsp3) is 0.692. The van der Waals surface area contributed by atoms with Crippen LogP contribution < -0.4 is 0 Å². The third-order valence-corrected chi connectivity index (χ3v) is 4.73. The zero-order valence-corrected chi connectivity index (χ0v) is 12.8. The van der Waals surface area contributed by atoms with Crippen LogP contribution >= 0.6 is 15.9 Å². The molecule has 5 heteroatoms. The van der Waals surface area contributed by atoms with Gasteiger partial charge in [-0.1, -0.05) is 6.92 Å². The molecular weight excluding hydrogens is 294 g/mol. The second kappa shape index (κ2) is 5.43. The summed E-state index contributed by atoms with van der Waals surface area (Å²) in [5.41, 5.74) is 2.05. The smallest absolute Gasteiger partial charge is 0.222 e. The Labute approximate surface area is 116 Å². The molecule has 0 aromatic carbocycles. The van der Waals surface area contributed by atoms with Gasteiger partial charge in [0, 0.05) is 20.0 Å². The molecular formula is C13H20BrN3O. The molecule has 1 unspecified atom stereocenters. The third-order valence-electron chi connectivity index (χ3n) is 3.70. The van der Waals surface area contributed by atoms with Crippen molar-refractivity contribution >= 4 is 21.8 Å². The van der Waals surface area contributed by atoms with Crippen LogP contribution in [0.4, 0.5) is 0 Å². The molecule has 0 spiro atoms. The van der Waals surface area contributed by atoms with Crippen LogP contribution in [0.2, 0.25) is 0 Å². The molecule has 18 heavy (non-hydrogen) atoms. The van der Waals surface area contributed by atoms with Crippen LogP contribution in [0.3, 0.4) is 0 Å². The molecule has 4 nitrogen and oxygen atoms in total. The summed E-state index contributed by atoms with van der Waals surface area (Å²) in [5, 5.41) is 4.37. The fourth-order valence-electron chi connectivity index (χ4n) is 2.37. The highest BCUT2D eigenvalue weighted by Gasteiger charge is 2.22. The van der Waals surface area contributed by atoms with Gasteiger partial charge in [0.05, 0.1) is 22.4 Å². The summed E-state index contributed by atoms with van der Waals surface area (Å²) >= 11 is 3.56. The van der Waals surface area contributed by atoms with Gasteiger partial charge in [-0.15, -0.1) is 0 Å². The molecule has 1 aromatic heterocycles. The Morgan fingerprint density at radius 2 is 2.17 bits per heavy atom. The summed E-state index contributed by atoms with van der Waals surface area (Å²) in [6.45, 7) is 5.71. The molecule has 100 valence electrons. The molecule has 0 saturated carbocycles. The number of aromatic nitrogens is 2. The van der Waals surface area contributed by atoms with E-state index in [1.54, 1.807) is 0 Å². The van der Waals surface area contributed by atoms with Gasteiger partial charge in [-0.2, -0.15) is 5.10 Å². The molecule has 0 bridgehead atoms. The van der Waals surface area contributed by atoms with E-state index >= 15 is 0 Å². The first kappa shape index (κ1) is 13.6. The van der Waals surface area contributed by atoms with Crippen molar-refractivity contribution in [1.82, 2.24) is 14.7 Å². The zero-order valence-electron chi connectivity index (χ0n) is 11.2. The SMILES string of the molecule is Cc1nn(C)c(CN2CCC(C)CCC2=O)c1Br. The number of carbonyl (C=O) groups is 1. The quantitative estimate of drug-likeness (QED) is 0.842. The first-order valence-electron chi connectivity index (χ1n) is 6.44. The van der Waals surface area contributed by atoms with Crippen molar-refractivity contribution in [2.75, 3.05) is 6.54 Å². The van der Waals surface area contributed by atoms with Crippen LogP contribution in [0.1, 0.15) is 37.6 Å². The van der Waals surface area contributed by atoms with Crippen molar-refractivity contribution in [3.05, 3.63) is 15.9 Å². The molecule has 1 aromatic rings. The van der Waals surface area contributed by atoms with Crippen LogP contribution in [0, 0.1) is 12.8 Å². The molecule has 0 radical (unpaired) electrons. The lowest BCUT2D eigenvalue weighted by molar-refractivity contribution is -0.131. The van der Waals surface area contributed by atoms with Crippen molar-refractivity contribution in [2.24, 2.45) is 13.0 Å². The van der Waals surface area contributed by atoms with Gasteiger partial charge in [0.2, 0.25) is 5.91 Å². The van der Waals surface area contributed by atoms with Crippen LogP contribution in [0.5, 0.6) is 0 Å². The molecule has 0 N–H and O–H groups in total. The maximum atomic E-state index is 12.1. The predicted octanol–water partition coefficient (Wildman–Crippen LogP) is 2.64. The van der Waals surface area contributed by atoms with Crippen LogP contribution in [0.15, 0.2) is 4.47 Å². The van der Waals surface area contributed by atoms with Gasteiger partial charge < -0.3 is 4.90 Å². The number of carbonyl (C=O) groups excluding carboxylic acids is 1. The molecule has 1 atom stereocenters. The van der Waals surface area contributed by atoms with E-state index in [0.717, 1.165) is 35.2 Å². The first-order valence-corrected chi connectivity index (χ1v) is 7.24. The number of nitrogens with zero attached hydrogens (tertiary/aromatic N) is 3. The predicted molar refractivity (Wildman–Crippen MR) is 74.1 cm³/mol. The van der Waals surface area contributed by atoms with Crippen LogP contribution in [-0.2, 0) is 18.4 Å². The highest BCUT2D eigenvalue weighted by molar-refractivity contribution is 9.10. The van der Waals surface area contributed by atoms with E-state index in [-0.39, 0.29) is 5.91 Å². The van der Waals surface area contributed by atoms with E-state index in [2.05, 4.69) is 28.0 Å². The minimum absolute atomic E-state index is 0.269. The Hall–Kier alpha value is -0.840. The molecule has 1 aliphatic rings. The fourth-order valence-corrected chi connectivity index (χ4v) is 2.83. The maximum Gasteiger partial charge on any atom is 0.222 e. The number of rotatable bonds is 2. The summed E-state index contributed by atoms with van der Waals surface area (Å²) in [4.78, 5) is 14.0. The number of hydrogen-bond acceptors (Lipinski definition) is 2. The van der Waals surface area contributed by atoms with Crippen molar-refractivity contribution in [1.29, 1.82) is 0 Å². The Morgan fingerprint density at radius 3 is 2.78 bits per heavy atom. The molecule has 2 rings (SSSR count). The Kier molecular flexibility index (Phi) is 4.10. The van der Waals surface area contributed by atoms with Crippen molar-refractivity contribution < 1.29 is 4.79 Å². The van der Waals surface area contributed by atoms with E-state index in [1.807, 2.05) is 23.6 Å². The number of aryl methyl sites for hydroxylation is 2. The molecule has 1 aliphatic heterocycles. The maximum absolute atomic E-state index is 12.1. The van der Waals surface area contributed by atoms with Crippen molar-refractivity contribution in [3.63, 3.8) is 0 Å². The minimum Gasteiger partial charge on any atom is -0.337 e. The van der Waals surface area contributed by atoms with Crippen molar-refractivity contribution in [2.45, 2.75) is 39.7 Å². The van der Waals surface area contributed by atoms with E-state index in [4.69, 9.17) is 0 Å². The van der Waals surface area contributed by atoms with E-state index in [0.29, 0.717) is 18.9 Å². The molecule has 0 aliphatic carbocycles. The third kappa shape index (κ3) is 2.76. The molecule has 2 heterocycles. The number of halogens is 1. The summed E-state index contributed by atoms with van der Waals surface area (Å²) in [6.07, 6.45) is 2.79. The van der Waals surface area contributed by atoms with Crippen LogP contribution in [0.25, 0.3) is 0 Å². The Morgan fingerprint density at radius 1 is 1.44 bits per heavy atom. The largest absolute Gasteiger partial charge is 0.337 e. The summed E-state index contributed by atoms with van der Waals surface area (Å²) in [5.74, 6) is 0.917. The minimum atomic E-state index is 0.269. The topological polar surface area (TPSA) is 38.1 Å². The van der Waals surface area contributed by atoms with E-state index in [1.165, 1.54) is 0 Å². The summed E-state index contributed by atoms with van der Waals surface area (Å²) in [6, 6.07) is 0. The monoisotopic (exact) mass is 313 g/mol. The number of likely N-dealkylation sites (tertiary alicyclic amines) is 1. The summed E-state index contributed by atoms with van der Waals surface area (Å²) in [7, 11) is 1.93. The van der Waals surface area contributed by atoms with Crippen molar-refractivity contribution in [3.8, 4) is 0 Å². The molecule has 1 fully saturated rings. The van der Waals surface area contributed by atoms with E-state index in [9.17, 15) is 4.79 Å². The van der Waals surface area contributed by atoms with Gasteiger partial charge in [-0.25, -0.2) is 0 Å². The second-order valence-corrected chi connectivity index (χ2v) is 6.01. The first-order chi connectivity index (χ1) is 8.49. The standard InChI is InChI=1S/C13H20BrN3O/c1-9-4-5-12(18)17(7-6-9)8-11-13(14)10(2)15-16(11)3/h9H,4-8H2,1-3H3. The zero-order chi connectivity index (χ0) is 13.3. The van der Waals surface area contributed by atoms with Gasteiger partial charge in [-0.05, 0) is 41.6 Å². The lowest BCUT2D eigenvalue weighted by atomic mass is 10.0. The van der Waals surface area contributed by atoms with Gasteiger partial charge in [0.15, 0.2) is 0 Å². The highest BCUT2D eigenvalue weighted by Crippen LogP contribution is 2.24. The Bertz CT molecular complexity index is 455. The molecule has 1 amide bonds. The number of amides is 1. The highest BCUT2D eigenvalue weighted by atomic mass is 79.9. The van der Waals surface area contributed by atoms with Gasteiger partial charge in [0.1, 0.15) is 0 Å². The molecule has 1 saturated heterocycles. The normalized spacial score (nSPS) is 21.2. The lowest BCUT2D eigenvalue weighted by Crippen LogP contribution is -2.30. The lowest BCUT2D eigenvalue weighted by Gasteiger charge is -2.21. The average Bonchev–Trinajstić information content (AvgIpc) is 2.48. The number of hydrogen-bond donors (Lipinski definition) is 0. The second-order valence-electron chi connectivity index (χ2n) is 5.22. The van der Waals surface area contributed by atoms with Gasteiger partial charge in [-0.3, -0.25) is 9.48 Å². The van der Waals surface area contributed by atoms with Gasteiger partial charge >= 0.3 is 0 Å². The van der Waals surface area contributed by atoms with Crippen LogP contribution in [-0.4, -0.2) is 27.1 Å².